The van der Waals surface area contributed by atoms with Crippen molar-refractivity contribution in [2.24, 2.45) is 0 Å². The largest absolute Gasteiger partial charge is 0.417 e. The van der Waals surface area contributed by atoms with Crippen LogP contribution in [0.15, 0.2) is 33.4 Å². The van der Waals surface area contributed by atoms with E-state index < -0.39 is 0 Å². The maximum Gasteiger partial charge on any atom is 0.399 e. The van der Waals surface area contributed by atoms with Gasteiger partial charge in [0.25, 0.3) is 0 Å². The van der Waals surface area contributed by atoms with Gasteiger partial charge in [-0.2, -0.15) is 4.98 Å². The molecule has 0 saturated carbocycles. The molecule has 2 aromatic rings. The van der Waals surface area contributed by atoms with Gasteiger partial charge in [-0.25, -0.2) is 0 Å². The van der Waals surface area contributed by atoms with Crippen LogP contribution < -0.4 is 10.1 Å². The Morgan fingerprint density at radius 1 is 1.42 bits per heavy atom. The summed E-state index contributed by atoms with van der Waals surface area (Å²) in [5, 5.41) is 3.27. The van der Waals surface area contributed by atoms with Crippen molar-refractivity contribution >= 4 is 15.9 Å². The molecule has 1 heterocycles. The van der Waals surface area contributed by atoms with E-state index in [2.05, 4.69) is 40.1 Å². The molecule has 2 rings (SSSR count). The molecule has 0 bridgehead atoms. The zero-order valence-corrected chi connectivity index (χ0v) is 12.8. The Hall–Kier alpha value is -1.33. The van der Waals surface area contributed by atoms with Crippen molar-refractivity contribution in [2.75, 3.05) is 0 Å². The monoisotopic (exact) mass is 324 g/mol. The number of hydrogen-bond acceptors (Lipinski definition) is 4. The molecule has 0 saturated heterocycles. The van der Waals surface area contributed by atoms with E-state index in [9.17, 15) is 0 Å². The molecule has 0 aliphatic heterocycles. The molecule has 0 radical (unpaired) electrons. The SMILES string of the molecule is Cc1cc(Br)ccc1Oc1nc(CNC(C)C)co1. The third kappa shape index (κ3) is 4.08. The fourth-order valence-electron chi connectivity index (χ4n) is 1.55. The first kappa shape index (κ1) is 14.1. The summed E-state index contributed by atoms with van der Waals surface area (Å²) in [5.74, 6) is 0.744. The number of halogens is 1. The van der Waals surface area contributed by atoms with E-state index in [1.165, 1.54) is 0 Å². The second-order valence-electron chi connectivity index (χ2n) is 4.65. The number of benzene rings is 1. The Bertz CT molecular complexity index is 552. The molecule has 1 aromatic carbocycles. The third-order valence-electron chi connectivity index (χ3n) is 2.56. The van der Waals surface area contributed by atoms with E-state index in [4.69, 9.17) is 9.15 Å². The molecular weight excluding hydrogens is 308 g/mol. The summed E-state index contributed by atoms with van der Waals surface area (Å²) in [6.07, 6.45) is 1.88. The van der Waals surface area contributed by atoms with Crippen LogP contribution in [-0.2, 0) is 6.54 Å². The van der Waals surface area contributed by atoms with Gasteiger partial charge in [-0.3, -0.25) is 0 Å². The number of aromatic nitrogens is 1. The Balaban J connectivity index is 2.03. The highest BCUT2D eigenvalue weighted by molar-refractivity contribution is 9.10. The molecule has 0 aliphatic carbocycles. The normalized spacial score (nSPS) is 11.0. The van der Waals surface area contributed by atoms with Gasteiger partial charge in [0.15, 0.2) is 0 Å². The summed E-state index contributed by atoms with van der Waals surface area (Å²) in [5.41, 5.74) is 1.85. The fraction of sp³-hybridized carbons (Fsp3) is 0.357. The van der Waals surface area contributed by atoms with Crippen LogP contribution in [0.2, 0.25) is 0 Å². The van der Waals surface area contributed by atoms with Crippen molar-refractivity contribution in [1.29, 1.82) is 0 Å². The fourth-order valence-corrected chi connectivity index (χ4v) is 2.02. The molecule has 5 heteroatoms. The average molecular weight is 325 g/mol. The van der Waals surface area contributed by atoms with Gasteiger partial charge in [-0.05, 0) is 30.7 Å². The molecule has 102 valence electrons. The molecule has 0 aliphatic rings. The maximum atomic E-state index is 5.63. The lowest BCUT2D eigenvalue weighted by Crippen LogP contribution is -2.21. The van der Waals surface area contributed by atoms with Crippen molar-refractivity contribution in [3.05, 3.63) is 40.2 Å². The van der Waals surface area contributed by atoms with Crippen molar-refractivity contribution in [3.8, 4) is 11.8 Å². The maximum absolute atomic E-state index is 5.63. The van der Waals surface area contributed by atoms with Crippen molar-refractivity contribution in [1.82, 2.24) is 10.3 Å². The predicted molar refractivity (Wildman–Crippen MR) is 77.4 cm³/mol. The lowest BCUT2D eigenvalue weighted by atomic mass is 10.2. The molecular formula is C14H17BrN2O2. The number of nitrogens with zero attached hydrogens (tertiary/aromatic N) is 1. The number of rotatable bonds is 5. The molecule has 0 unspecified atom stereocenters. The molecule has 1 N–H and O–H groups in total. The molecule has 1 aromatic heterocycles. The van der Waals surface area contributed by atoms with Crippen LogP contribution in [0, 0.1) is 6.92 Å². The van der Waals surface area contributed by atoms with Gasteiger partial charge in [0.1, 0.15) is 12.0 Å². The molecule has 0 fully saturated rings. The predicted octanol–water partition coefficient (Wildman–Crippen LogP) is 4.04. The average Bonchev–Trinajstić information content (AvgIpc) is 2.78. The standard InChI is InChI=1S/C14H17BrN2O2/c1-9(2)16-7-12-8-18-14(17-12)19-13-5-4-11(15)6-10(13)3/h4-6,8-9,16H,7H2,1-3H3. The van der Waals surface area contributed by atoms with Gasteiger partial charge >= 0.3 is 6.08 Å². The van der Waals surface area contributed by atoms with Gasteiger partial charge in [-0.15, -0.1) is 0 Å². The highest BCUT2D eigenvalue weighted by Gasteiger charge is 2.08. The Labute approximate surface area is 121 Å². The van der Waals surface area contributed by atoms with E-state index in [-0.39, 0.29) is 6.08 Å². The number of nitrogens with one attached hydrogen (secondary N) is 1. The van der Waals surface area contributed by atoms with Crippen LogP contribution in [-0.4, -0.2) is 11.0 Å². The summed E-state index contributed by atoms with van der Waals surface area (Å²) >= 11 is 3.42. The number of aryl methyl sites for hydroxylation is 1. The topological polar surface area (TPSA) is 47.3 Å². The van der Waals surface area contributed by atoms with Crippen LogP contribution in [0.3, 0.4) is 0 Å². The van der Waals surface area contributed by atoms with Gasteiger partial charge in [0.05, 0.1) is 5.69 Å². The highest BCUT2D eigenvalue weighted by Crippen LogP contribution is 2.26. The second-order valence-corrected chi connectivity index (χ2v) is 5.57. The van der Waals surface area contributed by atoms with E-state index >= 15 is 0 Å². The van der Waals surface area contributed by atoms with Gasteiger partial charge < -0.3 is 14.5 Å². The highest BCUT2D eigenvalue weighted by atomic mass is 79.9. The number of ether oxygens (including phenoxy) is 1. The number of oxazole rings is 1. The van der Waals surface area contributed by atoms with Crippen molar-refractivity contribution in [3.63, 3.8) is 0 Å². The molecule has 19 heavy (non-hydrogen) atoms. The summed E-state index contributed by atoms with van der Waals surface area (Å²) in [7, 11) is 0. The molecule has 0 amide bonds. The van der Waals surface area contributed by atoms with Crippen LogP contribution in [0.1, 0.15) is 25.1 Å². The van der Waals surface area contributed by atoms with Crippen molar-refractivity contribution < 1.29 is 9.15 Å². The Morgan fingerprint density at radius 2 is 2.21 bits per heavy atom. The first-order valence-corrected chi connectivity index (χ1v) is 6.95. The van der Waals surface area contributed by atoms with E-state index in [0.717, 1.165) is 21.5 Å². The quantitative estimate of drug-likeness (QED) is 0.901. The van der Waals surface area contributed by atoms with E-state index in [1.807, 2.05) is 25.1 Å². The van der Waals surface area contributed by atoms with Crippen molar-refractivity contribution in [2.45, 2.75) is 33.4 Å². The second kappa shape index (κ2) is 6.21. The third-order valence-corrected chi connectivity index (χ3v) is 3.05. The molecule has 4 nitrogen and oxygen atoms in total. The van der Waals surface area contributed by atoms with Crippen LogP contribution in [0.5, 0.6) is 11.8 Å². The first-order valence-electron chi connectivity index (χ1n) is 6.16. The molecule has 0 spiro atoms. The van der Waals surface area contributed by atoms with Gasteiger partial charge in [-0.1, -0.05) is 29.8 Å². The van der Waals surface area contributed by atoms with E-state index in [0.29, 0.717) is 12.6 Å². The Kier molecular flexibility index (Phi) is 4.61. The van der Waals surface area contributed by atoms with Crippen LogP contribution in [0.4, 0.5) is 0 Å². The summed E-state index contributed by atoms with van der Waals surface area (Å²) in [6, 6.07) is 6.21. The first-order chi connectivity index (χ1) is 9.04. The smallest absolute Gasteiger partial charge is 0.399 e. The molecule has 0 atom stereocenters. The Morgan fingerprint density at radius 3 is 2.89 bits per heavy atom. The van der Waals surface area contributed by atoms with Gasteiger partial charge in [0.2, 0.25) is 0 Å². The lowest BCUT2D eigenvalue weighted by Gasteiger charge is -2.05. The lowest BCUT2D eigenvalue weighted by molar-refractivity contribution is 0.329. The van der Waals surface area contributed by atoms with Gasteiger partial charge in [0, 0.05) is 17.1 Å². The van der Waals surface area contributed by atoms with Crippen LogP contribution in [0.25, 0.3) is 0 Å². The zero-order chi connectivity index (χ0) is 13.8. The number of hydrogen-bond donors (Lipinski definition) is 1. The summed E-state index contributed by atoms with van der Waals surface area (Å²) in [6.45, 7) is 6.82. The van der Waals surface area contributed by atoms with Crippen LogP contribution >= 0.6 is 15.9 Å². The minimum atomic E-state index is 0.269. The summed E-state index contributed by atoms with van der Waals surface area (Å²) in [4.78, 5) is 4.28. The minimum Gasteiger partial charge on any atom is -0.417 e. The minimum absolute atomic E-state index is 0.269. The summed E-state index contributed by atoms with van der Waals surface area (Å²) < 4.78 is 11.9. The zero-order valence-electron chi connectivity index (χ0n) is 11.2. The van der Waals surface area contributed by atoms with E-state index in [1.54, 1.807) is 6.26 Å².